The molecular formula is C14H23NO4S2Si. The molecule has 2 aliphatic rings. The van der Waals surface area contributed by atoms with Gasteiger partial charge in [0.2, 0.25) is 5.91 Å². The zero-order chi connectivity index (χ0) is 17.0. The molecule has 0 aliphatic carbocycles. The summed E-state index contributed by atoms with van der Waals surface area (Å²) in [5.41, 5.74) is 0. The maximum atomic E-state index is 12.4. The third-order valence-electron chi connectivity index (χ3n) is 4.89. The van der Waals surface area contributed by atoms with E-state index in [4.69, 9.17) is 16.6 Å². The van der Waals surface area contributed by atoms with Crippen molar-refractivity contribution in [1.82, 2.24) is 4.90 Å². The van der Waals surface area contributed by atoms with Gasteiger partial charge in [0.15, 0.2) is 14.4 Å². The molecule has 2 fully saturated rings. The monoisotopic (exact) mass is 361 g/mol. The van der Waals surface area contributed by atoms with E-state index in [0.29, 0.717) is 4.20 Å². The molecule has 8 heteroatoms. The van der Waals surface area contributed by atoms with Crippen LogP contribution in [0.3, 0.4) is 0 Å². The molecule has 2 rings (SSSR count). The first kappa shape index (κ1) is 17.9. The highest BCUT2D eigenvalue weighted by Gasteiger charge is 2.61. The average molecular weight is 362 g/mol. The number of hydrogen-bond donors (Lipinski definition) is 1. The molecule has 1 N–H and O–H groups in total. The number of hydrogen-bond acceptors (Lipinski definition) is 5. The highest BCUT2D eigenvalue weighted by molar-refractivity contribution is 8.24. The molecule has 4 unspecified atom stereocenters. The van der Waals surface area contributed by atoms with E-state index in [1.807, 2.05) is 6.92 Å². The molecule has 124 valence electrons. The van der Waals surface area contributed by atoms with Crippen LogP contribution in [0.1, 0.15) is 27.7 Å². The van der Waals surface area contributed by atoms with E-state index in [1.165, 1.54) is 16.7 Å². The van der Waals surface area contributed by atoms with Crippen LogP contribution in [0.25, 0.3) is 0 Å². The Bertz CT molecular complexity index is 531. The van der Waals surface area contributed by atoms with Gasteiger partial charge in [-0.3, -0.25) is 4.79 Å². The lowest BCUT2D eigenvalue weighted by Gasteiger charge is -2.48. The van der Waals surface area contributed by atoms with Crippen molar-refractivity contribution in [2.45, 2.75) is 63.3 Å². The Morgan fingerprint density at radius 1 is 1.45 bits per heavy atom. The first-order chi connectivity index (χ1) is 9.88. The molecule has 2 aliphatic heterocycles. The number of amides is 1. The van der Waals surface area contributed by atoms with Crippen LogP contribution in [0, 0.1) is 5.92 Å². The van der Waals surface area contributed by atoms with Crippen LogP contribution < -0.4 is 0 Å². The molecule has 0 aromatic carbocycles. The molecular weight excluding hydrogens is 338 g/mol. The van der Waals surface area contributed by atoms with E-state index in [1.54, 1.807) is 0 Å². The minimum atomic E-state index is -1.97. The van der Waals surface area contributed by atoms with E-state index >= 15 is 0 Å². The van der Waals surface area contributed by atoms with Gasteiger partial charge in [-0.05, 0) is 25.1 Å². The highest BCUT2D eigenvalue weighted by atomic mass is 32.2. The Kier molecular flexibility index (Phi) is 4.54. The normalized spacial score (nSPS) is 30.1. The summed E-state index contributed by atoms with van der Waals surface area (Å²) in [7, 11) is -1.97. The maximum absolute atomic E-state index is 12.4. The quantitative estimate of drug-likeness (QED) is 0.472. The van der Waals surface area contributed by atoms with Crippen molar-refractivity contribution in [1.29, 1.82) is 0 Å². The van der Waals surface area contributed by atoms with Crippen LogP contribution in [0.15, 0.2) is 0 Å². The number of carboxylic acid groups (broad SMARTS) is 1. The summed E-state index contributed by atoms with van der Waals surface area (Å²) in [6, 6.07) is -0.964. The largest absolute Gasteiger partial charge is 0.479 e. The number of thioether (sulfide) groups is 1. The minimum Gasteiger partial charge on any atom is -0.479 e. The molecule has 0 aromatic heterocycles. The number of carbonyl (C=O) groups excluding carboxylic acids is 1. The third-order valence-corrected chi connectivity index (χ3v) is 11.2. The topological polar surface area (TPSA) is 66.8 Å². The van der Waals surface area contributed by atoms with Crippen LogP contribution in [0.5, 0.6) is 0 Å². The molecule has 2 heterocycles. The molecule has 1 amide bonds. The second kappa shape index (κ2) is 5.57. The average Bonchev–Trinajstić information content (AvgIpc) is 2.60. The van der Waals surface area contributed by atoms with Gasteiger partial charge >= 0.3 is 5.97 Å². The standard InChI is InChI=1S/C14H23NO4S2Si/c1-7(19-22(5,6)14(2,3)4)8-10(16)15-9(12(17)18)13(20)21-11(8)15/h7-9,11H,1-6H3,(H,17,18). The van der Waals surface area contributed by atoms with Crippen LogP contribution in [0.2, 0.25) is 18.1 Å². The SMILES string of the molecule is CC(O[Si](C)(C)C(C)(C)C)C1C(=O)N2C(C(=O)O)C(=S)SC12. The van der Waals surface area contributed by atoms with Crippen molar-refractivity contribution in [3.63, 3.8) is 0 Å². The lowest BCUT2D eigenvalue weighted by Crippen LogP contribution is -2.65. The van der Waals surface area contributed by atoms with Gasteiger partial charge in [0.05, 0.1) is 21.6 Å². The first-order valence-electron chi connectivity index (χ1n) is 7.32. The molecule has 22 heavy (non-hydrogen) atoms. The number of fused-ring (bicyclic) bond motifs is 1. The zero-order valence-electron chi connectivity index (χ0n) is 13.7. The second-order valence-electron chi connectivity index (χ2n) is 7.42. The maximum Gasteiger partial charge on any atom is 0.332 e. The number of thiocarbonyl (C=S) groups is 1. The Hall–Kier alpha value is -0.443. The molecule has 0 spiro atoms. The predicted octanol–water partition coefficient (Wildman–Crippen LogP) is 2.71. The van der Waals surface area contributed by atoms with Gasteiger partial charge in [-0.15, -0.1) is 0 Å². The molecule has 0 saturated carbocycles. The van der Waals surface area contributed by atoms with Gasteiger partial charge in [0.1, 0.15) is 0 Å². The van der Waals surface area contributed by atoms with Gasteiger partial charge in [0.25, 0.3) is 0 Å². The summed E-state index contributed by atoms with van der Waals surface area (Å²) in [4.78, 5) is 25.1. The molecule has 0 radical (unpaired) electrons. The van der Waals surface area contributed by atoms with Crippen LogP contribution in [-0.4, -0.2) is 51.9 Å². The van der Waals surface area contributed by atoms with Crippen molar-refractivity contribution in [3.05, 3.63) is 0 Å². The molecule has 0 aromatic rings. The van der Waals surface area contributed by atoms with Crippen molar-refractivity contribution in [3.8, 4) is 0 Å². The number of carbonyl (C=O) groups is 2. The van der Waals surface area contributed by atoms with Gasteiger partial charge in [-0.1, -0.05) is 44.8 Å². The van der Waals surface area contributed by atoms with Crippen LogP contribution in [0.4, 0.5) is 0 Å². The van der Waals surface area contributed by atoms with Gasteiger partial charge in [0, 0.05) is 0 Å². The second-order valence-corrected chi connectivity index (χ2v) is 14.0. The summed E-state index contributed by atoms with van der Waals surface area (Å²) in [6.07, 6.45) is -0.225. The number of β-lactam (4-membered cyclic amide) rings is 1. The lowest BCUT2D eigenvalue weighted by molar-refractivity contribution is -0.164. The Labute approximate surface area is 141 Å². The van der Waals surface area contributed by atoms with E-state index in [2.05, 4.69) is 33.9 Å². The Balaban J connectivity index is 2.12. The van der Waals surface area contributed by atoms with E-state index in [0.717, 1.165) is 0 Å². The Morgan fingerprint density at radius 2 is 2.00 bits per heavy atom. The highest BCUT2D eigenvalue weighted by Crippen LogP contribution is 2.48. The van der Waals surface area contributed by atoms with E-state index in [-0.39, 0.29) is 28.3 Å². The smallest absolute Gasteiger partial charge is 0.332 e. The number of aliphatic carboxylic acids is 1. The fraction of sp³-hybridized carbons (Fsp3) is 0.786. The summed E-state index contributed by atoms with van der Waals surface area (Å²) < 4.78 is 6.67. The fourth-order valence-corrected chi connectivity index (χ4v) is 5.92. The lowest BCUT2D eigenvalue weighted by atomic mass is 9.91. The fourth-order valence-electron chi connectivity index (χ4n) is 2.58. The zero-order valence-corrected chi connectivity index (χ0v) is 16.4. The molecule has 4 atom stereocenters. The first-order valence-corrected chi connectivity index (χ1v) is 11.5. The van der Waals surface area contributed by atoms with Gasteiger partial charge in [-0.2, -0.15) is 0 Å². The third kappa shape index (κ3) is 2.74. The van der Waals surface area contributed by atoms with Crippen molar-refractivity contribution < 1.29 is 19.1 Å². The molecule has 2 saturated heterocycles. The van der Waals surface area contributed by atoms with Crippen molar-refractivity contribution >= 4 is 48.4 Å². The van der Waals surface area contributed by atoms with Crippen LogP contribution >= 0.6 is 24.0 Å². The summed E-state index contributed by atoms with van der Waals surface area (Å²) in [6.45, 7) is 12.7. The minimum absolute atomic E-state index is 0.0649. The number of nitrogens with zero attached hydrogens (tertiary/aromatic N) is 1. The van der Waals surface area contributed by atoms with Gasteiger partial charge in [-0.25, -0.2) is 4.79 Å². The van der Waals surface area contributed by atoms with Crippen molar-refractivity contribution in [2.24, 2.45) is 5.92 Å². The molecule has 5 nitrogen and oxygen atoms in total. The predicted molar refractivity (Wildman–Crippen MR) is 93.5 cm³/mol. The Morgan fingerprint density at radius 3 is 2.45 bits per heavy atom. The number of carboxylic acids is 1. The summed E-state index contributed by atoms with van der Waals surface area (Å²) >= 11 is 6.44. The summed E-state index contributed by atoms with van der Waals surface area (Å²) in [5, 5.41) is 9.09. The van der Waals surface area contributed by atoms with Gasteiger partial charge < -0.3 is 14.4 Å². The van der Waals surface area contributed by atoms with Crippen LogP contribution in [-0.2, 0) is 14.0 Å². The summed E-state index contributed by atoms with van der Waals surface area (Å²) in [5.74, 6) is -1.51. The molecule has 0 bridgehead atoms. The van der Waals surface area contributed by atoms with Crippen molar-refractivity contribution in [2.75, 3.05) is 0 Å². The van der Waals surface area contributed by atoms with E-state index < -0.39 is 20.3 Å². The van der Waals surface area contributed by atoms with E-state index in [9.17, 15) is 14.7 Å². The number of rotatable bonds is 4.